The Hall–Kier alpha value is -2.00. The summed E-state index contributed by atoms with van der Waals surface area (Å²) in [5.74, 6) is 0.331. The number of carbonyl (C=O) groups excluding carboxylic acids is 1. The van der Waals surface area contributed by atoms with E-state index in [0.717, 1.165) is 5.56 Å². The van der Waals surface area contributed by atoms with Gasteiger partial charge in [-0.1, -0.05) is 54.1 Å². The van der Waals surface area contributed by atoms with Gasteiger partial charge in [0, 0.05) is 0 Å². The van der Waals surface area contributed by atoms with E-state index in [9.17, 15) is 4.79 Å². The highest BCUT2D eigenvalue weighted by molar-refractivity contribution is 6.32. The smallest absolute Gasteiger partial charge is 0.258 e. The quantitative estimate of drug-likeness (QED) is 0.913. The molecule has 0 aliphatic rings. The van der Waals surface area contributed by atoms with Gasteiger partial charge >= 0.3 is 0 Å². The second-order valence-electron chi connectivity index (χ2n) is 4.42. The monoisotopic (exact) mass is 289 g/mol. The van der Waals surface area contributed by atoms with Crippen molar-refractivity contribution in [1.29, 1.82) is 0 Å². The van der Waals surface area contributed by atoms with Crippen LogP contribution in [0.5, 0.6) is 5.75 Å². The third-order valence-corrected chi connectivity index (χ3v) is 3.18. The Morgan fingerprint density at radius 2 is 1.80 bits per heavy atom. The Bertz CT molecular complexity index is 572. The van der Waals surface area contributed by atoms with Crippen molar-refractivity contribution < 1.29 is 9.53 Å². The second kappa shape index (κ2) is 6.96. The Balaban J connectivity index is 1.86. The van der Waals surface area contributed by atoms with Gasteiger partial charge in [-0.15, -0.1) is 0 Å². The van der Waals surface area contributed by atoms with Crippen molar-refractivity contribution in [2.75, 3.05) is 6.61 Å². The molecule has 0 heterocycles. The van der Waals surface area contributed by atoms with Crippen LogP contribution >= 0.6 is 11.6 Å². The highest BCUT2D eigenvalue weighted by Gasteiger charge is 2.10. The molecule has 104 valence electrons. The van der Waals surface area contributed by atoms with Gasteiger partial charge in [-0.05, 0) is 24.6 Å². The molecule has 3 nitrogen and oxygen atoms in total. The molecule has 4 heteroatoms. The minimum absolute atomic E-state index is 0.0547. The highest BCUT2D eigenvalue weighted by atomic mass is 35.5. The molecule has 2 aromatic carbocycles. The molecule has 0 bridgehead atoms. The summed E-state index contributed by atoms with van der Waals surface area (Å²) in [5.41, 5.74) is 1.05. The van der Waals surface area contributed by atoms with Crippen LogP contribution in [0.4, 0.5) is 0 Å². The maximum atomic E-state index is 11.8. The van der Waals surface area contributed by atoms with E-state index in [1.807, 2.05) is 49.4 Å². The molecule has 0 saturated heterocycles. The zero-order chi connectivity index (χ0) is 14.4. The largest absolute Gasteiger partial charge is 0.482 e. The van der Waals surface area contributed by atoms with Gasteiger partial charge in [-0.2, -0.15) is 0 Å². The van der Waals surface area contributed by atoms with E-state index in [-0.39, 0.29) is 18.6 Å². The van der Waals surface area contributed by atoms with Crippen molar-refractivity contribution in [2.24, 2.45) is 0 Å². The first kappa shape index (κ1) is 14.4. The van der Waals surface area contributed by atoms with Crippen molar-refractivity contribution in [2.45, 2.75) is 13.0 Å². The number of hydrogen-bond donors (Lipinski definition) is 1. The molecule has 0 saturated carbocycles. The van der Waals surface area contributed by atoms with E-state index in [4.69, 9.17) is 16.3 Å². The fraction of sp³-hybridized carbons (Fsp3) is 0.188. The average Bonchev–Trinajstić information content (AvgIpc) is 2.47. The minimum Gasteiger partial charge on any atom is -0.482 e. The molecule has 1 atom stereocenters. The number of nitrogens with one attached hydrogen (secondary N) is 1. The maximum absolute atomic E-state index is 11.8. The van der Waals surface area contributed by atoms with Gasteiger partial charge in [0.05, 0.1) is 11.1 Å². The molecule has 0 aliphatic carbocycles. The lowest BCUT2D eigenvalue weighted by Crippen LogP contribution is -2.31. The molecular weight excluding hydrogens is 274 g/mol. The third kappa shape index (κ3) is 4.00. The number of rotatable bonds is 5. The summed E-state index contributed by atoms with van der Waals surface area (Å²) in [4.78, 5) is 11.8. The molecule has 20 heavy (non-hydrogen) atoms. The minimum atomic E-state index is -0.179. The van der Waals surface area contributed by atoms with Gasteiger partial charge in [-0.3, -0.25) is 4.79 Å². The van der Waals surface area contributed by atoms with Crippen molar-refractivity contribution in [1.82, 2.24) is 5.32 Å². The summed E-state index contributed by atoms with van der Waals surface area (Å²) in [6.45, 7) is 1.88. The Labute approximate surface area is 123 Å². The van der Waals surface area contributed by atoms with Gasteiger partial charge in [0.15, 0.2) is 6.61 Å². The van der Waals surface area contributed by atoms with E-state index in [1.165, 1.54) is 0 Å². The third-order valence-electron chi connectivity index (χ3n) is 2.87. The average molecular weight is 290 g/mol. The van der Waals surface area contributed by atoms with Crippen LogP contribution in [0.25, 0.3) is 0 Å². The van der Waals surface area contributed by atoms with Crippen LogP contribution in [-0.2, 0) is 4.79 Å². The second-order valence-corrected chi connectivity index (χ2v) is 4.83. The summed E-state index contributed by atoms with van der Waals surface area (Å²) in [5, 5.41) is 3.38. The Morgan fingerprint density at radius 3 is 2.50 bits per heavy atom. The molecular formula is C16H16ClNO2. The fourth-order valence-electron chi connectivity index (χ4n) is 1.81. The van der Waals surface area contributed by atoms with Crippen LogP contribution in [0, 0.1) is 0 Å². The number of carbonyl (C=O) groups is 1. The Kier molecular flexibility index (Phi) is 5.02. The molecule has 2 rings (SSSR count). The lowest BCUT2D eigenvalue weighted by molar-refractivity contribution is -0.123. The summed E-state index contributed by atoms with van der Waals surface area (Å²) in [6, 6.07) is 16.8. The van der Waals surface area contributed by atoms with Gasteiger partial charge < -0.3 is 10.1 Å². The first-order valence-electron chi connectivity index (χ1n) is 6.38. The van der Waals surface area contributed by atoms with Crippen LogP contribution < -0.4 is 10.1 Å². The predicted molar refractivity (Wildman–Crippen MR) is 79.9 cm³/mol. The van der Waals surface area contributed by atoms with E-state index in [0.29, 0.717) is 10.8 Å². The Morgan fingerprint density at radius 1 is 1.15 bits per heavy atom. The van der Waals surface area contributed by atoms with Crippen LogP contribution in [0.3, 0.4) is 0 Å². The molecule has 2 aromatic rings. The molecule has 0 spiro atoms. The fourth-order valence-corrected chi connectivity index (χ4v) is 2.00. The van der Waals surface area contributed by atoms with E-state index >= 15 is 0 Å². The van der Waals surface area contributed by atoms with Gasteiger partial charge in [0.25, 0.3) is 5.91 Å². The van der Waals surface area contributed by atoms with Crippen molar-refractivity contribution in [3.63, 3.8) is 0 Å². The summed E-state index contributed by atoms with van der Waals surface area (Å²) >= 11 is 5.95. The van der Waals surface area contributed by atoms with Crippen LogP contribution in [0.2, 0.25) is 5.02 Å². The standard InChI is InChI=1S/C16H16ClNO2/c1-12(13-7-3-2-4-8-13)18-16(19)11-20-15-10-6-5-9-14(15)17/h2-10,12H,11H2,1H3,(H,18,19)/t12-/m0/s1. The molecule has 1 N–H and O–H groups in total. The molecule has 0 unspecified atom stereocenters. The first-order chi connectivity index (χ1) is 9.66. The predicted octanol–water partition coefficient (Wildman–Crippen LogP) is 3.60. The zero-order valence-corrected chi connectivity index (χ0v) is 11.9. The number of amides is 1. The van der Waals surface area contributed by atoms with Crippen molar-refractivity contribution >= 4 is 17.5 Å². The highest BCUT2D eigenvalue weighted by Crippen LogP contribution is 2.22. The molecule has 0 radical (unpaired) electrons. The normalized spacial score (nSPS) is 11.7. The number of ether oxygens (including phenoxy) is 1. The lowest BCUT2D eigenvalue weighted by atomic mass is 10.1. The van der Waals surface area contributed by atoms with E-state index in [1.54, 1.807) is 12.1 Å². The van der Waals surface area contributed by atoms with E-state index < -0.39 is 0 Å². The number of para-hydroxylation sites is 1. The van der Waals surface area contributed by atoms with Crippen LogP contribution in [-0.4, -0.2) is 12.5 Å². The topological polar surface area (TPSA) is 38.3 Å². The lowest BCUT2D eigenvalue weighted by Gasteiger charge is -2.14. The summed E-state index contributed by atoms with van der Waals surface area (Å²) in [7, 11) is 0. The van der Waals surface area contributed by atoms with Crippen LogP contribution in [0.15, 0.2) is 54.6 Å². The maximum Gasteiger partial charge on any atom is 0.258 e. The summed E-state index contributed by atoms with van der Waals surface area (Å²) < 4.78 is 5.39. The number of hydrogen-bond acceptors (Lipinski definition) is 2. The number of halogens is 1. The molecule has 0 aromatic heterocycles. The van der Waals surface area contributed by atoms with Crippen LogP contribution in [0.1, 0.15) is 18.5 Å². The first-order valence-corrected chi connectivity index (χ1v) is 6.76. The van der Waals surface area contributed by atoms with Crippen molar-refractivity contribution in [3.8, 4) is 5.75 Å². The van der Waals surface area contributed by atoms with Crippen molar-refractivity contribution in [3.05, 3.63) is 65.2 Å². The number of benzene rings is 2. The SMILES string of the molecule is C[C@H](NC(=O)COc1ccccc1Cl)c1ccccc1. The zero-order valence-electron chi connectivity index (χ0n) is 11.2. The van der Waals surface area contributed by atoms with Gasteiger partial charge in [0.1, 0.15) is 5.75 Å². The summed E-state index contributed by atoms with van der Waals surface area (Å²) in [6.07, 6.45) is 0. The molecule has 1 amide bonds. The molecule has 0 fully saturated rings. The molecule has 0 aliphatic heterocycles. The van der Waals surface area contributed by atoms with Gasteiger partial charge in [-0.25, -0.2) is 0 Å². The van der Waals surface area contributed by atoms with E-state index in [2.05, 4.69) is 5.32 Å². The van der Waals surface area contributed by atoms with Gasteiger partial charge in [0.2, 0.25) is 0 Å².